The van der Waals surface area contributed by atoms with Crippen LogP contribution in [-0.4, -0.2) is 27.3 Å². The van der Waals surface area contributed by atoms with E-state index in [1.807, 2.05) is 30.3 Å². The van der Waals surface area contributed by atoms with Crippen molar-refractivity contribution in [1.29, 1.82) is 5.26 Å². The number of rotatable bonds is 7. The molecule has 6 heteroatoms. The summed E-state index contributed by atoms with van der Waals surface area (Å²) in [7, 11) is 4.44. The van der Waals surface area contributed by atoms with E-state index in [-0.39, 0.29) is 5.56 Å². The van der Waals surface area contributed by atoms with Crippen LogP contribution in [-0.2, 0) is 0 Å². The zero-order chi connectivity index (χ0) is 22.2. The zero-order valence-corrected chi connectivity index (χ0v) is 17.4. The van der Waals surface area contributed by atoms with Crippen molar-refractivity contribution in [3.63, 3.8) is 0 Å². The van der Waals surface area contributed by atoms with Gasteiger partial charge in [-0.15, -0.1) is 0 Å². The molecule has 0 saturated heterocycles. The Kier molecular flexibility index (Phi) is 6.92. The van der Waals surface area contributed by atoms with Gasteiger partial charge in [0.25, 0.3) is 0 Å². The van der Waals surface area contributed by atoms with Gasteiger partial charge in [-0.3, -0.25) is 0 Å². The Morgan fingerprint density at radius 3 is 1.97 bits per heavy atom. The Morgan fingerprint density at radius 1 is 0.839 bits per heavy atom. The Bertz CT molecular complexity index is 1100. The number of ether oxygens (including phenoxy) is 4. The lowest BCUT2D eigenvalue weighted by molar-refractivity contribution is 0.0734. The second kappa shape index (κ2) is 9.99. The summed E-state index contributed by atoms with van der Waals surface area (Å²) in [5.41, 5.74) is 2.45. The monoisotopic (exact) mass is 415 g/mol. The van der Waals surface area contributed by atoms with Crippen molar-refractivity contribution in [2.45, 2.75) is 0 Å². The van der Waals surface area contributed by atoms with Gasteiger partial charge in [-0.25, -0.2) is 4.79 Å². The van der Waals surface area contributed by atoms with Crippen LogP contribution in [0.1, 0.15) is 21.5 Å². The minimum atomic E-state index is -0.565. The molecule has 0 bridgehead atoms. The number of methoxy groups -OCH3 is 3. The Morgan fingerprint density at radius 2 is 1.45 bits per heavy atom. The third kappa shape index (κ3) is 5.03. The molecule has 3 aromatic rings. The minimum absolute atomic E-state index is 0.259. The lowest BCUT2D eigenvalue weighted by atomic mass is 10.0. The Hall–Kier alpha value is -4.24. The molecule has 0 aliphatic heterocycles. The lowest BCUT2D eigenvalue weighted by Crippen LogP contribution is -2.09. The molecule has 0 aliphatic rings. The highest BCUT2D eigenvalue weighted by molar-refractivity contribution is 5.93. The van der Waals surface area contributed by atoms with Gasteiger partial charge in [0.2, 0.25) is 5.75 Å². The summed E-state index contributed by atoms with van der Waals surface area (Å²) in [6.45, 7) is 0. The van der Waals surface area contributed by atoms with Crippen molar-refractivity contribution >= 4 is 17.6 Å². The molecule has 0 spiro atoms. The van der Waals surface area contributed by atoms with Crippen LogP contribution in [0.2, 0.25) is 0 Å². The predicted molar refractivity (Wildman–Crippen MR) is 117 cm³/mol. The highest BCUT2D eigenvalue weighted by atomic mass is 16.5. The highest BCUT2D eigenvalue weighted by Crippen LogP contribution is 2.38. The molecular formula is C25H21NO5. The average Bonchev–Trinajstić information content (AvgIpc) is 2.82. The third-order valence-electron chi connectivity index (χ3n) is 4.51. The lowest BCUT2D eigenvalue weighted by Gasteiger charge is -2.13. The van der Waals surface area contributed by atoms with Crippen LogP contribution in [0.3, 0.4) is 0 Å². The van der Waals surface area contributed by atoms with E-state index in [0.717, 1.165) is 11.1 Å². The minimum Gasteiger partial charge on any atom is -0.493 e. The number of carbonyl (C=O) groups excluding carboxylic acids is 1. The molecule has 0 aromatic heterocycles. The van der Waals surface area contributed by atoms with Crippen LogP contribution >= 0.6 is 0 Å². The van der Waals surface area contributed by atoms with E-state index in [2.05, 4.69) is 6.07 Å². The average molecular weight is 415 g/mol. The van der Waals surface area contributed by atoms with Crippen LogP contribution in [0.5, 0.6) is 23.0 Å². The van der Waals surface area contributed by atoms with Gasteiger partial charge in [0.1, 0.15) is 5.75 Å². The first kappa shape index (κ1) is 21.5. The van der Waals surface area contributed by atoms with E-state index in [1.165, 1.54) is 33.5 Å². The van der Waals surface area contributed by atoms with Gasteiger partial charge in [-0.05, 0) is 41.5 Å². The summed E-state index contributed by atoms with van der Waals surface area (Å²) in [5.74, 6) is 0.918. The topological polar surface area (TPSA) is 77.8 Å². The van der Waals surface area contributed by atoms with E-state index in [0.29, 0.717) is 28.6 Å². The highest BCUT2D eigenvalue weighted by Gasteiger charge is 2.18. The van der Waals surface area contributed by atoms with Crippen molar-refractivity contribution in [3.05, 3.63) is 83.4 Å². The van der Waals surface area contributed by atoms with Gasteiger partial charge in [0.15, 0.2) is 11.5 Å². The number of hydrogen-bond donors (Lipinski definition) is 0. The summed E-state index contributed by atoms with van der Waals surface area (Å²) < 4.78 is 21.3. The van der Waals surface area contributed by atoms with E-state index in [4.69, 9.17) is 18.9 Å². The number of allylic oxidation sites excluding steroid dienone is 1. The molecule has 0 heterocycles. The van der Waals surface area contributed by atoms with Crippen molar-refractivity contribution in [1.82, 2.24) is 0 Å². The van der Waals surface area contributed by atoms with Gasteiger partial charge in [0, 0.05) is 0 Å². The molecular weight excluding hydrogens is 394 g/mol. The normalized spacial score (nSPS) is 10.7. The maximum Gasteiger partial charge on any atom is 0.343 e. The first-order chi connectivity index (χ1) is 15.1. The van der Waals surface area contributed by atoms with Crippen LogP contribution in [0.15, 0.2) is 66.7 Å². The number of benzene rings is 3. The van der Waals surface area contributed by atoms with Crippen LogP contribution < -0.4 is 18.9 Å². The molecule has 0 unspecified atom stereocenters. The number of carbonyl (C=O) groups is 1. The number of nitriles is 1. The van der Waals surface area contributed by atoms with Gasteiger partial charge in [-0.1, -0.05) is 42.5 Å². The van der Waals surface area contributed by atoms with Crippen molar-refractivity contribution in [3.8, 4) is 29.1 Å². The van der Waals surface area contributed by atoms with E-state index in [1.54, 1.807) is 30.3 Å². The van der Waals surface area contributed by atoms with Gasteiger partial charge >= 0.3 is 5.97 Å². The molecule has 0 saturated carbocycles. The molecule has 0 fully saturated rings. The fourth-order valence-electron chi connectivity index (χ4n) is 2.96. The number of hydrogen-bond acceptors (Lipinski definition) is 6. The summed E-state index contributed by atoms with van der Waals surface area (Å²) in [6.07, 6.45) is 1.78. The molecule has 0 atom stereocenters. The largest absolute Gasteiger partial charge is 0.493 e. The van der Waals surface area contributed by atoms with Gasteiger partial charge in [0.05, 0.1) is 38.5 Å². The predicted octanol–water partition coefficient (Wildman–Crippen LogP) is 5.00. The zero-order valence-electron chi connectivity index (χ0n) is 17.4. The number of esters is 1. The third-order valence-corrected chi connectivity index (χ3v) is 4.51. The molecule has 3 rings (SSSR count). The van der Waals surface area contributed by atoms with Gasteiger partial charge in [-0.2, -0.15) is 5.26 Å². The second-order valence-electron chi connectivity index (χ2n) is 6.41. The summed E-state index contributed by atoms with van der Waals surface area (Å²) in [4.78, 5) is 12.6. The maximum absolute atomic E-state index is 12.6. The first-order valence-electron chi connectivity index (χ1n) is 9.39. The van der Waals surface area contributed by atoms with E-state index < -0.39 is 5.97 Å². The SMILES string of the molecule is COc1cc(C(=O)Oc2ccc(/C=C(/C#N)c3ccccc3)cc2)cc(OC)c1OC. The Labute approximate surface area is 180 Å². The number of nitrogens with zero attached hydrogens (tertiary/aromatic N) is 1. The first-order valence-corrected chi connectivity index (χ1v) is 9.39. The molecule has 0 aliphatic carbocycles. The van der Waals surface area contributed by atoms with E-state index >= 15 is 0 Å². The summed E-state index contributed by atoms with van der Waals surface area (Å²) in [6, 6.07) is 21.6. The summed E-state index contributed by atoms with van der Waals surface area (Å²) >= 11 is 0. The quantitative estimate of drug-likeness (QED) is 0.234. The molecule has 0 amide bonds. The fraction of sp³-hybridized carbons (Fsp3) is 0.120. The van der Waals surface area contributed by atoms with Gasteiger partial charge < -0.3 is 18.9 Å². The summed E-state index contributed by atoms with van der Waals surface area (Å²) in [5, 5.41) is 9.45. The molecule has 0 radical (unpaired) electrons. The molecule has 3 aromatic carbocycles. The molecule has 156 valence electrons. The Balaban J connectivity index is 1.79. The van der Waals surface area contributed by atoms with Crippen molar-refractivity contribution in [2.75, 3.05) is 21.3 Å². The van der Waals surface area contributed by atoms with Crippen LogP contribution in [0, 0.1) is 11.3 Å². The molecule has 0 N–H and O–H groups in total. The maximum atomic E-state index is 12.6. The second-order valence-corrected chi connectivity index (χ2v) is 6.41. The molecule has 6 nitrogen and oxygen atoms in total. The van der Waals surface area contributed by atoms with Crippen molar-refractivity contribution in [2.24, 2.45) is 0 Å². The van der Waals surface area contributed by atoms with E-state index in [9.17, 15) is 10.1 Å². The van der Waals surface area contributed by atoms with Crippen LogP contribution in [0.25, 0.3) is 11.6 Å². The smallest absolute Gasteiger partial charge is 0.343 e. The molecule has 31 heavy (non-hydrogen) atoms. The van der Waals surface area contributed by atoms with Crippen LogP contribution in [0.4, 0.5) is 0 Å². The fourth-order valence-corrected chi connectivity index (χ4v) is 2.96. The van der Waals surface area contributed by atoms with Crippen molar-refractivity contribution < 1.29 is 23.7 Å². The standard InChI is InChI=1S/C25H21NO5/c1-28-22-14-19(15-23(29-2)24(22)30-3)25(27)31-21-11-9-17(10-12-21)13-20(16-26)18-7-5-4-6-8-18/h4-15H,1-3H3/b20-13-.